The van der Waals surface area contributed by atoms with E-state index in [0.29, 0.717) is 23.7 Å². The van der Waals surface area contributed by atoms with Gasteiger partial charge in [0.15, 0.2) is 0 Å². The summed E-state index contributed by atoms with van der Waals surface area (Å²) in [7, 11) is 0. The molecule has 0 saturated heterocycles. The Kier molecular flexibility index (Phi) is 3.90. The third kappa shape index (κ3) is 2.46. The number of imide groups is 1. The Morgan fingerprint density at radius 3 is 2.75 bits per heavy atom. The number of carbonyl (C=O) groups is 2. The van der Waals surface area contributed by atoms with Gasteiger partial charge in [0, 0.05) is 17.0 Å². The van der Waals surface area contributed by atoms with Gasteiger partial charge in [0.2, 0.25) is 5.75 Å². The molecule has 1 atom stereocenters. The number of carbonyl (C=O) groups excluding carboxylic acids is 2. The molecule has 24 heavy (non-hydrogen) atoms. The van der Waals surface area contributed by atoms with Crippen LogP contribution >= 0.6 is 0 Å². The van der Waals surface area contributed by atoms with Gasteiger partial charge in [0.1, 0.15) is 0 Å². The van der Waals surface area contributed by atoms with Crippen LogP contribution < -0.4 is 15.8 Å². The van der Waals surface area contributed by atoms with Crippen molar-refractivity contribution in [2.24, 2.45) is 5.73 Å². The molecule has 1 aliphatic heterocycles. The summed E-state index contributed by atoms with van der Waals surface area (Å²) in [6.07, 6.45) is 0.0524. The van der Waals surface area contributed by atoms with Crippen LogP contribution in [0.1, 0.15) is 34.1 Å². The van der Waals surface area contributed by atoms with Gasteiger partial charge in [0.25, 0.3) is 11.8 Å². The van der Waals surface area contributed by atoms with E-state index in [1.807, 2.05) is 0 Å². The summed E-state index contributed by atoms with van der Waals surface area (Å²) in [5, 5.41) is 14.5. The molecule has 0 aromatic heterocycles. The zero-order valence-electron chi connectivity index (χ0n) is 12.9. The summed E-state index contributed by atoms with van der Waals surface area (Å²) in [6.45, 7) is 2.05. The van der Waals surface area contributed by atoms with E-state index in [0.717, 1.165) is 0 Å². The summed E-state index contributed by atoms with van der Waals surface area (Å²) in [5.74, 6) is -1.37. The lowest BCUT2D eigenvalue weighted by Crippen LogP contribution is -2.35. The fourth-order valence-corrected chi connectivity index (χ4v) is 2.81. The number of nitro groups is 1. The average Bonchev–Trinajstić information content (AvgIpc) is 2.52. The number of rotatable bonds is 5. The van der Waals surface area contributed by atoms with Gasteiger partial charge in [-0.3, -0.25) is 25.0 Å². The van der Waals surface area contributed by atoms with Crippen LogP contribution in [0.5, 0.6) is 5.75 Å². The maximum atomic E-state index is 12.4. The highest BCUT2D eigenvalue weighted by Crippen LogP contribution is 2.40. The molecule has 1 heterocycles. The molecule has 3 N–H and O–H groups in total. The van der Waals surface area contributed by atoms with Crippen LogP contribution in [0.3, 0.4) is 0 Å². The second kappa shape index (κ2) is 5.89. The van der Waals surface area contributed by atoms with Crippen molar-refractivity contribution in [3.05, 3.63) is 45.5 Å². The Morgan fingerprint density at radius 2 is 2.08 bits per heavy atom. The Morgan fingerprint density at radius 1 is 1.33 bits per heavy atom. The molecular weight excluding hydrogens is 314 g/mol. The third-order valence-electron chi connectivity index (χ3n) is 3.89. The van der Waals surface area contributed by atoms with Gasteiger partial charge in [-0.05, 0) is 31.3 Å². The molecule has 2 aromatic carbocycles. The zero-order chi connectivity index (χ0) is 17.4. The molecular formula is C16H15N3O5. The molecule has 2 amide bonds. The Hall–Kier alpha value is -3.00. The maximum absolute atomic E-state index is 12.4. The molecule has 0 bridgehead atoms. The number of hydrogen-bond donors (Lipinski definition) is 2. The van der Waals surface area contributed by atoms with Gasteiger partial charge < -0.3 is 10.5 Å². The molecule has 1 aliphatic rings. The zero-order valence-corrected chi connectivity index (χ0v) is 12.9. The maximum Gasteiger partial charge on any atom is 0.312 e. The highest BCUT2D eigenvalue weighted by molar-refractivity contribution is 6.27. The van der Waals surface area contributed by atoms with Crippen molar-refractivity contribution in [2.75, 3.05) is 6.54 Å². The quantitative estimate of drug-likeness (QED) is 0.489. The van der Waals surface area contributed by atoms with Gasteiger partial charge in [-0.25, -0.2) is 0 Å². The number of amides is 2. The molecule has 0 aliphatic carbocycles. The van der Waals surface area contributed by atoms with E-state index in [1.165, 1.54) is 6.07 Å². The van der Waals surface area contributed by atoms with Gasteiger partial charge >= 0.3 is 5.69 Å². The fourth-order valence-electron chi connectivity index (χ4n) is 2.81. The second-order valence-electron chi connectivity index (χ2n) is 5.55. The van der Waals surface area contributed by atoms with E-state index in [4.69, 9.17) is 10.5 Å². The van der Waals surface area contributed by atoms with Crippen LogP contribution in [-0.4, -0.2) is 29.4 Å². The van der Waals surface area contributed by atoms with Crippen molar-refractivity contribution in [1.29, 1.82) is 0 Å². The van der Waals surface area contributed by atoms with Crippen LogP contribution in [0.4, 0.5) is 5.69 Å². The van der Waals surface area contributed by atoms with Gasteiger partial charge in [-0.1, -0.05) is 12.1 Å². The average molecular weight is 329 g/mol. The van der Waals surface area contributed by atoms with Crippen molar-refractivity contribution < 1.29 is 19.2 Å². The summed E-state index contributed by atoms with van der Waals surface area (Å²) < 4.78 is 5.68. The molecule has 124 valence electrons. The molecule has 2 aromatic rings. The van der Waals surface area contributed by atoms with Gasteiger partial charge in [-0.15, -0.1) is 0 Å². The van der Waals surface area contributed by atoms with E-state index in [-0.39, 0.29) is 22.6 Å². The minimum absolute atomic E-state index is 0.0123. The molecule has 0 saturated carbocycles. The molecule has 1 unspecified atom stereocenters. The smallest absolute Gasteiger partial charge is 0.312 e. The Bertz CT molecular complexity index is 878. The summed E-state index contributed by atoms with van der Waals surface area (Å²) in [6, 6.07) is 6.11. The molecule has 3 rings (SSSR count). The first-order chi connectivity index (χ1) is 11.4. The molecule has 8 nitrogen and oxygen atoms in total. The summed E-state index contributed by atoms with van der Waals surface area (Å²) in [5.41, 5.74) is 5.47. The number of nitrogens with one attached hydrogen (secondary N) is 1. The molecule has 0 radical (unpaired) electrons. The first-order valence-electron chi connectivity index (χ1n) is 7.40. The predicted molar refractivity (Wildman–Crippen MR) is 86.2 cm³/mol. The van der Waals surface area contributed by atoms with Gasteiger partial charge in [-0.2, -0.15) is 0 Å². The fraction of sp³-hybridized carbons (Fsp3) is 0.250. The van der Waals surface area contributed by atoms with Gasteiger partial charge in [0.05, 0.1) is 16.6 Å². The monoisotopic (exact) mass is 329 g/mol. The third-order valence-corrected chi connectivity index (χ3v) is 3.89. The van der Waals surface area contributed by atoms with E-state index in [2.05, 4.69) is 5.32 Å². The van der Waals surface area contributed by atoms with Crippen LogP contribution in [0.15, 0.2) is 24.3 Å². The highest BCUT2D eigenvalue weighted by atomic mass is 16.6. The summed E-state index contributed by atoms with van der Waals surface area (Å²) >= 11 is 0. The SMILES string of the molecule is CC(CCN)Oc1c([N+](=O)[O-])cc2cccc3c2c1C(=O)NC3=O. The first-order valence-corrected chi connectivity index (χ1v) is 7.40. The number of nitrogens with two attached hydrogens (primary N) is 1. The normalized spacial score (nSPS) is 14.4. The topological polar surface area (TPSA) is 125 Å². The lowest BCUT2D eigenvalue weighted by molar-refractivity contribution is -0.385. The van der Waals surface area contributed by atoms with Crippen molar-refractivity contribution in [1.82, 2.24) is 5.32 Å². The lowest BCUT2D eigenvalue weighted by Gasteiger charge is -2.21. The van der Waals surface area contributed by atoms with Crippen molar-refractivity contribution in [2.45, 2.75) is 19.4 Å². The van der Waals surface area contributed by atoms with E-state index < -0.39 is 22.8 Å². The first kappa shape index (κ1) is 15.9. The number of nitro benzene ring substituents is 1. The number of ether oxygens (including phenoxy) is 1. The Balaban J connectivity index is 2.34. The van der Waals surface area contributed by atoms with E-state index in [1.54, 1.807) is 25.1 Å². The molecule has 0 spiro atoms. The summed E-state index contributed by atoms with van der Waals surface area (Å²) in [4.78, 5) is 35.2. The highest BCUT2D eigenvalue weighted by Gasteiger charge is 2.34. The minimum Gasteiger partial charge on any atom is -0.483 e. The van der Waals surface area contributed by atoms with Crippen molar-refractivity contribution in [3.63, 3.8) is 0 Å². The van der Waals surface area contributed by atoms with Crippen molar-refractivity contribution in [3.8, 4) is 5.75 Å². The number of nitrogens with zero attached hydrogens (tertiary/aromatic N) is 1. The van der Waals surface area contributed by atoms with Crippen molar-refractivity contribution >= 4 is 28.3 Å². The second-order valence-corrected chi connectivity index (χ2v) is 5.55. The number of hydrogen-bond acceptors (Lipinski definition) is 6. The molecule has 0 fully saturated rings. The largest absolute Gasteiger partial charge is 0.483 e. The Labute approximate surface area is 136 Å². The van der Waals surface area contributed by atoms with Crippen LogP contribution in [0, 0.1) is 10.1 Å². The standard InChI is InChI=1S/C16H15N3O5/c1-8(5-6-17)24-14-11(19(22)23)7-9-3-2-4-10-12(9)13(14)16(21)18-15(10)20/h2-4,7-8H,5-6,17H2,1H3,(H,18,20,21). The minimum atomic E-state index is -0.706. The molecule has 8 heteroatoms. The lowest BCUT2D eigenvalue weighted by atomic mass is 9.93. The van der Waals surface area contributed by atoms with Crippen LogP contribution in [0.25, 0.3) is 10.8 Å². The van der Waals surface area contributed by atoms with Crippen LogP contribution in [-0.2, 0) is 0 Å². The number of benzene rings is 2. The predicted octanol–water partition coefficient (Wildman–Crippen LogP) is 1.75. The van der Waals surface area contributed by atoms with E-state index >= 15 is 0 Å². The van der Waals surface area contributed by atoms with Crippen LogP contribution in [0.2, 0.25) is 0 Å². The van der Waals surface area contributed by atoms with E-state index in [9.17, 15) is 19.7 Å².